The van der Waals surface area contributed by atoms with Crippen molar-refractivity contribution in [3.05, 3.63) is 53.1 Å². The van der Waals surface area contributed by atoms with Gasteiger partial charge in [0.05, 0.1) is 32.0 Å². The summed E-state index contributed by atoms with van der Waals surface area (Å²) < 4.78 is 10.7. The van der Waals surface area contributed by atoms with Crippen LogP contribution < -0.4 is 19.7 Å². The van der Waals surface area contributed by atoms with Gasteiger partial charge in [-0.1, -0.05) is 35.9 Å². The topological polar surface area (TPSA) is 72.3 Å². The molecule has 1 atom stereocenters. The van der Waals surface area contributed by atoms with Gasteiger partial charge in [0.1, 0.15) is 0 Å². The third kappa shape index (κ3) is 6.37. The van der Waals surface area contributed by atoms with Gasteiger partial charge >= 0.3 is 0 Å². The Kier molecular flexibility index (Phi) is 8.30. The Labute approximate surface area is 176 Å². The van der Waals surface area contributed by atoms with E-state index in [2.05, 4.69) is 5.32 Å². The van der Waals surface area contributed by atoms with Crippen molar-refractivity contribution < 1.29 is 24.0 Å². The molecule has 2 aromatic rings. The van der Waals surface area contributed by atoms with Gasteiger partial charge in [0.25, 0.3) is 11.8 Å². The fourth-order valence-corrected chi connectivity index (χ4v) is 3.09. The van der Waals surface area contributed by atoms with Crippen LogP contribution in [-0.2, 0) is 16.1 Å². The quantitative estimate of drug-likeness (QED) is 0.644. The highest BCUT2D eigenvalue weighted by Crippen LogP contribution is 2.31. The highest BCUT2D eigenvalue weighted by molar-refractivity contribution is 6.33. The second kappa shape index (κ2) is 10.7. The van der Waals surface area contributed by atoms with Crippen LogP contribution in [0.4, 0.5) is 5.69 Å². The molecular formula is C21H27ClN3O4+. The van der Waals surface area contributed by atoms with E-state index in [4.69, 9.17) is 21.1 Å². The average Bonchev–Trinajstić information content (AvgIpc) is 2.69. The zero-order chi connectivity index (χ0) is 21.4. The number of rotatable bonds is 9. The zero-order valence-corrected chi connectivity index (χ0v) is 17.9. The Morgan fingerprint density at radius 1 is 1.07 bits per heavy atom. The highest BCUT2D eigenvalue weighted by atomic mass is 35.5. The lowest BCUT2D eigenvalue weighted by Crippen LogP contribution is -3.11. The molecule has 0 spiro atoms. The Morgan fingerprint density at radius 3 is 2.45 bits per heavy atom. The standard InChI is InChI=1S/C21H26ClN3O4/c1-24(13-19(26)23-17-10-6-5-9-16(17)22)14-20(27)25(2)12-15-8-7-11-18(28-3)21(15)29-4/h5-11H,12-14H2,1-4H3,(H,23,26)/p+1. The first-order valence-electron chi connectivity index (χ1n) is 9.15. The maximum atomic E-state index is 12.6. The average molecular weight is 421 g/mol. The van der Waals surface area contributed by atoms with Gasteiger partial charge in [0.2, 0.25) is 0 Å². The van der Waals surface area contributed by atoms with E-state index in [9.17, 15) is 9.59 Å². The molecule has 0 saturated carbocycles. The van der Waals surface area contributed by atoms with Gasteiger partial charge in [-0.25, -0.2) is 0 Å². The molecule has 1 unspecified atom stereocenters. The van der Waals surface area contributed by atoms with Crippen molar-refractivity contribution in [2.24, 2.45) is 0 Å². The van der Waals surface area contributed by atoms with Crippen LogP contribution in [0.1, 0.15) is 5.56 Å². The first-order chi connectivity index (χ1) is 13.8. The number of halogens is 1. The van der Waals surface area contributed by atoms with Crippen molar-refractivity contribution >= 4 is 29.1 Å². The zero-order valence-electron chi connectivity index (χ0n) is 17.1. The van der Waals surface area contributed by atoms with E-state index in [1.807, 2.05) is 12.1 Å². The summed E-state index contributed by atoms with van der Waals surface area (Å²) in [5.41, 5.74) is 1.40. The number of para-hydroxylation sites is 2. The van der Waals surface area contributed by atoms with Crippen molar-refractivity contribution in [3.63, 3.8) is 0 Å². The summed E-state index contributed by atoms with van der Waals surface area (Å²) in [5.74, 6) is 0.928. The van der Waals surface area contributed by atoms with Crippen LogP contribution in [0.5, 0.6) is 11.5 Å². The molecular weight excluding hydrogens is 394 g/mol. The number of methoxy groups -OCH3 is 2. The molecule has 2 rings (SSSR count). The number of anilines is 1. The van der Waals surface area contributed by atoms with Gasteiger partial charge in [-0.05, 0) is 18.2 Å². The van der Waals surface area contributed by atoms with Gasteiger partial charge in [-0.2, -0.15) is 0 Å². The van der Waals surface area contributed by atoms with Crippen LogP contribution >= 0.6 is 11.6 Å². The number of quaternary nitrogens is 1. The second-order valence-electron chi connectivity index (χ2n) is 6.74. The highest BCUT2D eigenvalue weighted by Gasteiger charge is 2.20. The maximum absolute atomic E-state index is 12.6. The Bertz CT molecular complexity index is 860. The molecule has 0 heterocycles. The number of nitrogens with one attached hydrogen (secondary N) is 2. The number of likely N-dealkylation sites (N-methyl/N-ethyl adjacent to an activating group) is 2. The normalized spacial score (nSPS) is 11.5. The molecule has 2 aromatic carbocycles. The van der Waals surface area contributed by atoms with E-state index in [1.54, 1.807) is 63.5 Å². The van der Waals surface area contributed by atoms with Gasteiger partial charge in [-0.15, -0.1) is 0 Å². The molecule has 156 valence electrons. The lowest BCUT2D eigenvalue weighted by molar-refractivity contribution is -0.862. The first-order valence-corrected chi connectivity index (χ1v) is 9.53. The summed E-state index contributed by atoms with van der Waals surface area (Å²) in [6.07, 6.45) is 0. The molecule has 0 bridgehead atoms. The van der Waals surface area contributed by atoms with Crippen molar-refractivity contribution in [2.75, 3.05) is 46.7 Å². The number of amides is 2. The first kappa shape index (κ1) is 22.5. The predicted molar refractivity (Wildman–Crippen MR) is 113 cm³/mol. The number of carbonyl (C=O) groups excluding carboxylic acids is 2. The fraction of sp³-hybridized carbons (Fsp3) is 0.333. The molecule has 0 aliphatic heterocycles. The van der Waals surface area contributed by atoms with Crippen LogP contribution in [-0.4, -0.2) is 58.1 Å². The SMILES string of the molecule is COc1cccc(CN(C)C(=O)C[NH+](C)CC(=O)Nc2ccccc2Cl)c1OC. The van der Waals surface area contributed by atoms with Crippen LogP contribution in [0.15, 0.2) is 42.5 Å². The van der Waals surface area contributed by atoms with Crippen molar-refractivity contribution in [1.82, 2.24) is 4.90 Å². The molecule has 2 N–H and O–H groups in total. The number of benzene rings is 2. The lowest BCUT2D eigenvalue weighted by Gasteiger charge is -2.21. The number of hydrogen-bond acceptors (Lipinski definition) is 4. The van der Waals surface area contributed by atoms with Crippen molar-refractivity contribution in [3.8, 4) is 11.5 Å². The minimum Gasteiger partial charge on any atom is -0.493 e. The van der Waals surface area contributed by atoms with Crippen LogP contribution in [0, 0.1) is 0 Å². The van der Waals surface area contributed by atoms with E-state index < -0.39 is 0 Å². The number of nitrogens with zero attached hydrogens (tertiary/aromatic N) is 1. The van der Waals surface area contributed by atoms with Crippen molar-refractivity contribution in [2.45, 2.75) is 6.54 Å². The summed E-state index contributed by atoms with van der Waals surface area (Å²) in [6, 6.07) is 12.6. The number of ether oxygens (including phenoxy) is 2. The Morgan fingerprint density at radius 2 is 1.79 bits per heavy atom. The molecule has 0 radical (unpaired) electrons. The summed E-state index contributed by atoms with van der Waals surface area (Å²) in [6.45, 7) is 0.699. The van der Waals surface area contributed by atoms with E-state index in [-0.39, 0.29) is 24.9 Å². The van der Waals surface area contributed by atoms with E-state index in [0.717, 1.165) is 10.5 Å². The smallest absolute Gasteiger partial charge is 0.279 e. The van der Waals surface area contributed by atoms with Gasteiger partial charge in [-0.3, -0.25) is 9.59 Å². The molecule has 29 heavy (non-hydrogen) atoms. The fourth-order valence-electron chi connectivity index (χ4n) is 2.91. The maximum Gasteiger partial charge on any atom is 0.279 e. The summed E-state index contributed by atoms with van der Waals surface area (Å²) in [5, 5.41) is 3.24. The molecule has 0 fully saturated rings. The van der Waals surface area contributed by atoms with Gasteiger partial charge < -0.3 is 24.6 Å². The summed E-state index contributed by atoms with van der Waals surface area (Å²) in [7, 11) is 6.66. The van der Waals surface area contributed by atoms with E-state index in [1.165, 1.54) is 0 Å². The minimum atomic E-state index is -0.208. The van der Waals surface area contributed by atoms with Crippen molar-refractivity contribution in [1.29, 1.82) is 0 Å². The molecule has 0 aliphatic rings. The third-order valence-electron chi connectivity index (χ3n) is 4.38. The molecule has 2 amide bonds. The lowest BCUT2D eigenvalue weighted by atomic mass is 10.1. The van der Waals surface area contributed by atoms with Gasteiger partial charge in [0.15, 0.2) is 24.6 Å². The molecule has 8 heteroatoms. The molecule has 0 aliphatic carbocycles. The number of hydrogen-bond donors (Lipinski definition) is 2. The largest absolute Gasteiger partial charge is 0.493 e. The van der Waals surface area contributed by atoms with E-state index >= 15 is 0 Å². The van der Waals surface area contributed by atoms with Crippen LogP contribution in [0.25, 0.3) is 0 Å². The molecule has 7 nitrogen and oxygen atoms in total. The minimum absolute atomic E-state index is 0.0853. The Balaban J connectivity index is 1.90. The summed E-state index contributed by atoms with van der Waals surface area (Å²) >= 11 is 6.05. The van der Waals surface area contributed by atoms with Crippen LogP contribution in [0.2, 0.25) is 5.02 Å². The predicted octanol–water partition coefficient (Wildman–Crippen LogP) is 1.47. The molecule has 0 aromatic heterocycles. The Hall–Kier alpha value is -2.77. The summed E-state index contributed by atoms with van der Waals surface area (Å²) in [4.78, 5) is 27.2. The second-order valence-corrected chi connectivity index (χ2v) is 7.15. The molecule has 0 saturated heterocycles. The van der Waals surface area contributed by atoms with Gasteiger partial charge in [0, 0.05) is 19.2 Å². The van der Waals surface area contributed by atoms with Crippen LogP contribution in [0.3, 0.4) is 0 Å². The number of carbonyl (C=O) groups is 2. The van der Waals surface area contributed by atoms with E-state index in [0.29, 0.717) is 28.8 Å². The monoisotopic (exact) mass is 420 g/mol. The third-order valence-corrected chi connectivity index (χ3v) is 4.71.